The molecule has 0 fully saturated rings. The van der Waals surface area contributed by atoms with Crippen LogP contribution in [0.25, 0.3) is 21.8 Å². The van der Waals surface area contributed by atoms with E-state index in [1.165, 1.54) is 0 Å². The number of carbonyl (C=O) groups is 2. The van der Waals surface area contributed by atoms with Crippen LogP contribution >= 0.6 is 0 Å². The lowest BCUT2D eigenvalue weighted by molar-refractivity contribution is 0.0926. The van der Waals surface area contributed by atoms with Crippen LogP contribution in [0.2, 0.25) is 0 Å². The highest BCUT2D eigenvalue weighted by Gasteiger charge is 2.15. The third-order valence-corrected chi connectivity index (χ3v) is 4.52. The molecular formula is C20H19N5O2. The Labute approximate surface area is 155 Å². The SMILES string of the molecule is Cn1cc(C(=O)NCCNC(=O)c2n[nH]c3ccccc23)c2ccccc21. The summed E-state index contributed by atoms with van der Waals surface area (Å²) in [6.07, 6.45) is 1.81. The molecule has 2 heterocycles. The number of rotatable bonds is 5. The second kappa shape index (κ2) is 6.95. The molecular weight excluding hydrogens is 342 g/mol. The molecule has 2 aromatic carbocycles. The first-order valence-electron chi connectivity index (χ1n) is 8.68. The van der Waals surface area contributed by atoms with E-state index in [1.54, 1.807) is 0 Å². The Hall–Kier alpha value is -3.61. The fourth-order valence-corrected chi connectivity index (χ4v) is 3.19. The van der Waals surface area contributed by atoms with Gasteiger partial charge in [-0.1, -0.05) is 36.4 Å². The van der Waals surface area contributed by atoms with Crippen molar-refractivity contribution in [3.05, 3.63) is 66.0 Å². The molecule has 0 spiro atoms. The summed E-state index contributed by atoms with van der Waals surface area (Å²) in [5.74, 6) is -0.432. The smallest absolute Gasteiger partial charge is 0.272 e. The topological polar surface area (TPSA) is 91.8 Å². The molecule has 0 unspecified atom stereocenters. The minimum atomic E-state index is -0.271. The molecule has 4 aromatic rings. The molecule has 136 valence electrons. The zero-order valence-electron chi connectivity index (χ0n) is 14.8. The summed E-state index contributed by atoms with van der Waals surface area (Å²) in [7, 11) is 1.91. The van der Waals surface area contributed by atoms with E-state index in [9.17, 15) is 9.59 Å². The average molecular weight is 361 g/mol. The van der Waals surface area contributed by atoms with Gasteiger partial charge in [0.05, 0.1) is 11.1 Å². The molecule has 7 nitrogen and oxygen atoms in total. The zero-order valence-corrected chi connectivity index (χ0v) is 14.8. The highest BCUT2D eigenvalue weighted by atomic mass is 16.2. The van der Waals surface area contributed by atoms with Crippen molar-refractivity contribution in [2.45, 2.75) is 0 Å². The molecule has 3 N–H and O–H groups in total. The second-order valence-electron chi connectivity index (χ2n) is 6.30. The Morgan fingerprint density at radius 3 is 2.44 bits per heavy atom. The monoisotopic (exact) mass is 361 g/mol. The maximum atomic E-state index is 12.5. The fraction of sp³-hybridized carbons (Fsp3) is 0.150. The molecule has 0 saturated carbocycles. The quantitative estimate of drug-likeness (QED) is 0.476. The number of carbonyl (C=O) groups excluding carboxylic acids is 2. The Kier molecular flexibility index (Phi) is 4.33. The van der Waals surface area contributed by atoms with Crippen molar-refractivity contribution in [3.8, 4) is 0 Å². The van der Waals surface area contributed by atoms with Crippen LogP contribution in [0.4, 0.5) is 0 Å². The number of nitrogens with zero attached hydrogens (tertiary/aromatic N) is 2. The molecule has 0 aliphatic heterocycles. The van der Waals surface area contributed by atoms with Crippen molar-refractivity contribution >= 4 is 33.6 Å². The number of nitrogens with one attached hydrogen (secondary N) is 3. The van der Waals surface area contributed by atoms with Crippen molar-refractivity contribution in [1.29, 1.82) is 0 Å². The van der Waals surface area contributed by atoms with Crippen LogP contribution in [0.15, 0.2) is 54.7 Å². The van der Waals surface area contributed by atoms with Gasteiger partial charge < -0.3 is 15.2 Å². The largest absolute Gasteiger partial charge is 0.350 e. The van der Waals surface area contributed by atoms with E-state index in [4.69, 9.17) is 0 Å². The number of amides is 2. The number of hydrogen-bond acceptors (Lipinski definition) is 3. The van der Waals surface area contributed by atoms with Gasteiger partial charge in [-0.2, -0.15) is 5.10 Å². The van der Waals surface area contributed by atoms with Gasteiger partial charge in [0.15, 0.2) is 5.69 Å². The van der Waals surface area contributed by atoms with Crippen molar-refractivity contribution in [1.82, 2.24) is 25.4 Å². The zero-order chi connectivity index (χ0) is 18.8. The first kappa shape index (κ1) is 16.8. The predicted molar refractivity (Wildman–Crippen MR) is 104 cm³/mol. The molecule has 0 aliphatic carbocycles. The number of fused-ring (bicyclic) bond motifs is 2. The summed E-state index contributed by atoms with van der Waals surface area (Å²) in [6, 6.07) is 15.2. The van der Waals surface area contributed by atoms with E-state index in [1.807, 2.05) is 66.3 Å². The van der Waals surface area contributed by atoms with E-state index in [-0.39, 0.29) is 11.8 Å². The molecule has 0 saturated heterocycles. The van der Waals surface area contributed by atoms with Crippen molar-refractivity contribution in [2.75, 3.05) is 13.1 Å². The second-order valence-corrected chi connectivity index (χ2v) is 6.30. The molecule has 7 heteroatoms. The summed E-state index contributed by atoms with van der Waals surface area (Å²) in [6.45, 7) is 0.646. The van der Waals surface area contributed by atoms with Crippen molar-refractivity contribution < 1.29 is 9.59 Å². The van der Waals surface area contributed by atoms with Gasteiger partial charge in [0, 0.05) is 42.6 Å². The maximum Gasteiger partial charge on any atom is 0.272 e. The summed E-state index contributed by atoms with van der Waals surface area (Å²) >= 11 is 0. The van der Waals surface area contributed by atoms with Crippen LogP contribution in [0.3, 0.4) is 0 Å². The number of para-hydroxylation sites is 2. The number of aromatic amines is 1. The lowest BCUT2D eigenvalue weighted by Crippen LogP contribution is -2.34. The Bertz CT molecular complexity index is 1140. The average Bonchev–Trinajstić information content (AvgIpc) is 3.27. The third kappa shape index (κ3) is 3.15. The van der Waals surface area contributed by atoms with E-state index < -0.39 is 0 Å². The summed E-state index contributed by atoms with van der Waals surface area (Å²) < 4.78 is 1.93. The number of H-pyrrole nitrogens is 1. The molecule has 0 aliphatic rings. The van der Waals surface area contributed by atoms with Crippen LogP contribution in [-0.2, 0) is 7.05 Å². The van der Waals surface area contributed by atoms with E-state index >= 15 is 0 Å². The summed E-state index contributed by atoms with van der Waals surface area (Å²) in [4.78, 5) is 24.8. The normalized spacial score (nSPS) is 11.0. The standard InChI is InChI=1S/C20H19N5O2/c1-25-12-15(13-6-3-5-9-17(13)25)19(26)21-10-11-22-20(27)18-14-7-2-4-8-16(14)23-24-18/h2-9,12H,10-11H2,1H3,(H,21,26)(H,22,27)(H,23,24). The van der Waals surface area contributed by atoms with Gasteiger partial charge in [-0.15, -0.1) is 0 Å². The lowest BCUT2D eigenvalue weighted by atomic mass is 10.1. The van der Waals surface area contributed by atoms with Gasteiger partial charge in [0.1, 0.15) is 0 Å². The minimum absolute atomic E-state index is 0.161. The summed E-state index contributed by atoms with van der Waals surface area (Å²) in [5, 5.41) is 14.2. The molecule has 2 aromatic heterocycles. The van der Waals surface area contributed by atoms with E-state index in [0.717, 1.165) is 21.8 Å². The molecule has 0 radical (unpaired) electrons. The number of hydrogen-bond donors (Lipinski definition) is 3. The van der Waals surface area contributed by atoms with Gasteiger partial charge in [0.2, 0.25) is 0 Å². The van der Waals surface area contributed by atoms with Crippen LogP contribution in [0.1, 0.15) is 20.8 Å². The minimum Gasteiger partial charge on any atom is -0.350 e. The molecule has 0 bridgehead atoms. The van der Waals surface area contributed by atoms with Crippen LogP contribution in [0.5, 0.6) is 0 Å². The van der Waals surface area contributed by atoms with Crippen molar-refractivity contribution in [3.63, 3.8) is 0 Å². The van der Waals surface area contributed by atoms with Gasteiger partial charge in [0.25, 0.3) is 11.8 Å². The summed E-state index contributed by atoms with van der Waals surface area (Å²) in [5.41, 5.74) is 2.79. The third-order valence-electron chi connectivity index (χ3n) is 4.52. The van der Waals surface area contributed by atoms with Crippen molar-refractivity contribution in [2.24, 2.45) is 7.05 Å². The van der Waals surface area contributed by atoms with Gasteiger partial charge in [-0.25, -0.2) is 0 Å². The first-order chi connectivity index (χ1) is 13.1. The highest BCUT2D eigenvalue weighted by Crippen LogP contribution is 2.20. The lowest BCUT2D eigenvalue weighted by Gasteiger charge is -2.06. The molecule has 4 rings (SSSR count). The van der Waals surface area contributed by atoms with Gasteiger partial charge in [-0.05, 0) is 12.1 Å². The van der Waals surface area contributed by atoms with Crippen LogP contribution < -0.4 is 10.6 Å². The van der Waals surface area contributed by atoms with E-state index in [2.05, 4.69) is 20.8 Å². The van der Waals surface area contributed by atoms with E-state index in [0.29, 0.717) is 24.3 Å². The number of aromatic nitrogens is 3. The number of aryl methyl sites for hydroxylation is 1. The van der Waals surface area contributed by atoms with Gasteiger partial charge >= 0.3 is 0 Å². The molecule has 2 amide bonds. The Balaban J connectivity index is 1.36. The first-order valence-corrected chi connectivity index (χ1v) is 8.68. The molecule has 27 heavy (non-hydrogen) atoms. The molecule has 0 atom stereocenters. The van der Waals surface area contributed by atoms with Crippen LogP contribution in [0, 0.1) is 0 Å². The van der Waals surface area contributed by atoms with Gasteiger partial charge in [-0.3, -0.25) is 14.7 Å². The maximum absolute atomic E-state index is 12.5. The van der Waals surface area contributed by atoms with Crippen LogP contribution in [-0.4, -0.2) is 39.7 Å². The number of benzene rings is 2. The predicted octanol–water partition coefficient (Wildman–Crippen LogP) is 2.21. The fourth-order valence-electron chi connectivity index (χ4n) is 3.19. The highest BCUT2D eigenvalue weighted by molar-refractivity contribution is 6.07. The Morgan fingerprint density at radius 2 is 1.63 bits per heavy atom. The Morgan fingerprint density at radius 1 is 0.963 bits per heavy atom.